The Bertz CT molecular complexity index is 1220. The van der Waals surface area contributed by atoms with Crippen LogP contribution in [-0.4, -0.2) is 36.9 Å². The molecule has 0 saturated carbocycles. The van der Waals surface area contributed by atoms with Crippen LogP contribution in [0.2, 0.25) is 0 Å². The number of ether oxygens (including phenoxy) is 1. The zero-order valence-electron chi connectivity index (χ0n) is 18.7. The van der Waals surface area contributed by atoms with E-state index >= 15 is 0 Å². The van der Waals surface area contributed by atoms with Gasteiger partial charge in [-0.3, -0.25) is 9.69 Å². The summed E-state index contributed by atoms with van der Waals surface area (Å²) in [5, 5.41) is 4.43. The molecular formula is C24H22F2N4O3S. The summed E-state index contributed by atoms with van der Waals surface area (Å²) >= 11 is 1.33. The van der Waals surface area contributed by atoms with E-state index in [1.54, 1.807) is 25.1 Å². The Kier molecular flexibility index (Phi) is 6.97. The van der Waals surface area contributed by atoms with Gasteiger partial charge in [-0.1, -0.05) is 29.1 Å². The third kappa shape index (κ3) is 5.45. The highest BCUT2D eigenvalue weighted by molar-refractivity contribution is 8.13. The van der Waals surface area contributed by atoms with Crippen molar-refractivity contribution in [3.05, 3.63) is 77.3 Å². The molecule has 0 unspecified atom stereocenters. The monoisotopic (exact) mass is 484 g/mol. The maximum atomic E-state index is 13.3. The first kappa shape index (κ1) is 23.5. The molecule has 10 heteroatoms. The van der Waals surface area contributed by atoms with Crippen LogP contribution in [0, 0.1) is 6.92 Å². The molecule has 0 radical (unpaired) electrons. The Morgan fingerprint density at radius 2 is 1.85 bits per heavy atom. The molecule has 0 fully saturated rings. The van der Waals surface area contributed by atoms with Gasteiger partial charge in [-0.05, 0) is 55.0 Å². The van der Waals surface area contributed by atoms with Gasteiger partial charge in [-0.15, -0.1) is 0 Å². The molecule has 2 aromatic carbocycles. The average molecular weight is 485 g/mol. The number of aliphatic imine (C=N–C) groups is 1. The number of carbonyl (C=O) groups excluding carboxylic acids is 1. The molecule has 0 spiro atoms. The van der Waals surface area contributed by atoms with Gasteiger partial charge in [-0.2, -0.15) is 8.78 Å². The second kappa shape index (κ2) is 10.1. The molecule has 2 heterocycles. The third-order valence-electron chi connectivity index (χ3n) is 4.89. The normalized spacial score (nSPS) is 14.8. The Labute approximate surface area is 199 Å². The zero-order valence-corrected chi connectivity index (χ0v) is 19.6. The number of anilines is 2. The van der Waals surface area contributed by atoms with Crippen LogP contribution in [0.5, 0.6) is 5.75 Å². The molecule has 0 aliphatic carbocycles. The molecule has 176 valence electrons. The van der Waals surface area contributed by atoms with Crippen LogP contribution in [0.15, 0.2) is 69.8 Å². The van der Waals surface area contributed by atoms with Crippen LogP contribution >= 0.6 is 11.8 Å². The van der Waals surface area contributed by atoms with Crippen molar-refractivity contribution in [2.75, 3.05) is 23.9 Å². The molecule has 7 nitrogen and oxygen atoms in total. The van der Waals surface area contributed by atoms with Gasteiger partial charge < -0.3 is 14.2 Å². The number of carbonyl (C=O) groups is 1. The van der Waals surface area contributed by atoms with Crippen molar-refractivity contribution >= 4 is 40.3 Å². The lowest BCUT2D eigenvalue weighted by Gasteiger charge is -2.18. The molecular weight excluding hydrogens is 462 g/mol. The number of rotatable bonds is 7. The van der Waals surface area contributed by atoms with Crippen molar-refractivity contribution in [2.24, 2.45) is 4.99 Å². The second-order valence-corrected chi connectivity index (χ2v) is 8.58. The molecule has 0 atom stereocenters. The molecule has 4 rings (SSSR count). The van der Waals surface area contributed by atoms with E-state index in [0.29, 0.717) is 22.4 Å². The van der Waals surface area contributed by atoms with Gasteiger partial charge in [0.2, 0.25) is 0 Å². The summed E-state index contributed by atoms with van der Waals surface area (Å²) in [5.41, 5.74) is 3.34. The van der Waals surface area contributed by atoms with Crippen molar-refractivity contribution in [2.45, 2.75) is 19.3 Å². The second-order valence-electron chi connectivity index (χ2n) is 7.64. The number of hydrogen-bond donors (Lipinski definition) is 0. The van der Waals surface area contributed by atoms with E-state index in [2.05, 4.69) is 14.9 Å². The first-order valence-corrected chi connectivity index (χ1v) is 11.3. The van der Waals surface area contributed by atoms with Crippen LogP contribution in [0.3, 0.4) is 0 Å². The minimum atomic E-state index is -2.92. The zero-order chi connectivity index (χ0) is 24.2. The molecule has 1 aromatic heterocycles. The van der Waals surface area contributed by atoms with Crippen molar-refractivity contribution < 1.29 is 22.8 Å². The van der Waals surface area contributed by atoms with Crippen molar-refractivity contribution in [1.82, 2.24) is 5.16 Å². The summed E-state index contributed by atoms with van der Waals surface area (Å²) in [5.74, 6) is 0.815. The number of benzene rings is 2. The first-order valence-electron chi connectivity index (χ1n) is 10.3. The summed E-state index contributed by atoms with van der Waals surface area (Å²) in [6.07, 6.45) is 1.72. The van der Waals surface area contributed by atoms with E-state index in [9.17, 15) is 13.6 Å². The molecule has 34 heavy (non-hydrogen) atoms. The quantitative estimate of drug-likeness (QED) is 0.423. The summed E-state index contributed by atoms with van der Waals surface area (Å²) in [7, 11) is 3.90. The number of thioether (sulfide) groups is 1. The van der Waals surface area contributed by atoms with Gasteiger partial charge in [-0.25, -0.2) is 4.99 Å². The Morgan fingerprint density at radius 1 is 1.15 bits per heavy atom. The van der Waals surface area contributed by atoms with Gasteiger partial charge in [0, 0.05) is 31.6 Å². The maximum absolute atomic E-state index is 13.3. The fourth-order valence-electron chi connectivity index (χ4n) is 3.25. The van der Waals surface area contributed by atoms with Gasteiger partial charge in [0.25, 0.3) is 5.91 Å². The lowest BCUT2D eigenvalue weighted by molar-refractivity contribution is -0.113. The van der Waals surface area contributed by atoms with Gasteiger partial charge >= 0.3 is 6.61 Å². The highest BCUT2D eigenvalue weighted by Crippen LogP contribution is 2.32. The SMILES string of the molecule is Cc1cc(CSC2=N/C(=C\c3ccc(N(C)C)cc3)C(=O)N2c2ccc(OC(F)F)cc2)no1. The summed E-state index contributed by atoms with van der Waals surface area (Å²) in [4.78, 5) is 21.3. The molecule has 3 aromatic rings. The van der Waals surface area contributed by atoms with Crippen LogP contribution in [0.1, 0.15) is 17.0 Å². The molecule has 1 amide bonds. The number of amidine groups is 1. The largest absolute Gasteiger partial charge is 0.435 e. The van der Waals surface area contributed by atoms with E-state index in [-0.39, 0.29) is 17.4 Å². The number of aromatic nitrogens is 1. The minimum Gasteiger partial charge on any atom is -0.435 e. The van der Waals surface area contributed by atoms with Crippen LogP contribution < -0.4 is 14.5 Å². The van der Waals surface area contributed by atoms with Crippen molar-refractivity contribution in [1.29, 1.82) is 0 Å². The van der Waals surface area contributed by atoms with Crippen molar-refractivity contribution in [3.63, 3.8) is 0 Å². The average Bonchev–Trinajstić information content (AvgIpc) is 3.35. The number of nitrogens with zero attached hydrogens (tertiary/aromatic N) is 4. The maximum Gasteiger partial charge on any atom is 0.387 e. The number of aryl methyl sites for hydroxylation is 1. The molecule has 0 N–H and O–H groups in total. The predicted molar refractivity (Wildman–Crippen MR) is 129 cm³/mol. The highest BCUT2D eigenvalue weighted by atomic mass is 32.2. The van der Waals surface area contributed by atoms with Crippen LogP contribution in [0.25, 0.3) is 6.08 Å². The van der Waals surface area contributed by atoms with E-state index in [0.717, 1.165) is 16.9 Å². The van der Waals surface area contributed by atoms with Crippen molar-refractivity contribution in [3.8, 4) is 5.75 Å². The van der Waals surface area contributed by atoms with E-state index in [1.807, 2.05) is 49.3 Å². The van der Waals surface area contributed by atoms with Gasteiger partial charge in [0.15, 0.2) is 5.17 Å². The van der Waals surface area contributed by atoms with E-state index in [4.69, 9.17) is 4.52 Å². The number of alkyl halides is 2. The Morgan fingerprint density at radius 3 is 2.44 bits per heavy atom. The summed E-state index contributed by atoms with van der Waals surface area (Å²) in [6.45, 7) is -1.12. The smallest absolute Gasteiger partial charge is 0.387 e. The lowest BCUT2D eigenvalue weighted by Crippen LogP contribution is -2.30. The van der Waals surface area contributed by atoms with Gasteiger partial charge in [0.1, 0.15) is 17.2 Å². The molecule has 0 saturated heterocycles. The lowest BCUT2D eigenvalue weighted by atomic mass is 10.1. The number of hydrogen-bond acceptors (Lipinski definition) is 7. The van der Waals surface area contributed by atoms with Gasteiger partial charge in [0.05, 0.1) is 11.4 Å². The molecule has 1 aliphatic heterocycles. The van der Waals surface area contributed by atoms with Crippen LogP contribution in [0.4, 0.5) is 20.2 Å². The predicted octanol–water partition coefficient (Wildman–Crippen LogP) is 5.33. The minimum absolute atomic E-state index is 0.00589. The summed E-state index contributed by atoms with van der Waals surface area (Å²) < 4.78 is 34.5. The number of halogens is 2. The third-order valence-corrected chi connectivity index (χ3v) is 5.86. The fraction of sp³-hybridized carbons (Fsp3) is 0.208. The van der Waals surface area contributed by atoms with Crippen LogP contribution in [-0.2, 0) is 10.5 Å². The first-order chi connectivity index (χ1) is 16.3. The Hall–Kier alpha value is -3.66. The molecule has 0 bridgehead atoms. The topological polar surface area (TPSA) is 71.2 Å². The highest BCUT2D eigenvalue weighted by Gasteiger charge is 2.32. The Balaban J connectivity index is 1.62. The number of amides is 1. The molecule has 1 aliphatic rings. The standard InChI is InChI=1S/C24H22F2N4O3S/c1-15-12-17(28-33-15)14-34-24-27-21(13-16-4-6-18(7-5-16)29(2)3)22(31)30(24)19-8-10-20(11-9-19)32-23(25)26/h4-13,23H,14H2,1-3H3/b21-13-. The summed E-state index contributed by atoms with van der Waals surface area (Å²) in [6, 6.07) is 15.4. The van der Waals surface area contributed by atoms with E-state index < -0.39 is 6.61 Å². The fourth-order valence-corrected chi connectivity index (χ4v) is 4.14. The van der Waals surface area contributed by atoms with E-state index in [1.165, 1.54) is 28.8 Å².